The van der Waals surface area contributed by atoms with Gasteiger partial charge >= 0.3 is 0 Å². The predicted octanol–water partition coefficient (Wildman–Crippen LogP) is 0.851. The Hall–Kier alpha value is -1.41. The van der Waals surface area contributed by atoms with Crippen LogP contribution in [-0.2, 0) is 16.6 Å². The topological polar surface area (TPSA) is 76.0 Å². The summed E-state index contributed by atoms with van der Waals surface area (Å²) in [5.41, 5.74) is 1.07. The van der Waals surface area contributed by atoms with Crippen LogP contribution < -0.4 is 10.0 Å². The van der Waals surface area contributed by atoms with Gasteiger partial charge in [-0.05, 0) is 12.6 Å². The van der Waals surface area contributed by atoms with Gasteiger partial charge in [-0.25, -0.2) is 13.1 Å². The van der Waals surface area contributed by atoms with E-state index in [1.807, 2.05) is 30.3 Å². The number of nitrogens with one attached hydrogen (secondary N) is 2. The monoisotopic (exact) mass is 330 g/mol. The van der Waals surface area contributed by atoms with Crippen molar-refractivity contribution >= 4 is 22.4 Å². The first kappa shape index (κ1) is 17.6. The van der Waals surface area contributed by atoms with Gasteiger partial charge in [0.2, 0.25) is 10.0 Å². The normalized spacial score (nSPS) is 11.1. The molecule has 0 fully saturated rings. The highest BCUT2D eigenvalue weighted by Gasteiger charge is 2.15. The molecular formula is C13H19ClN4O2S. The van der Waals surface area contributed by atoms with Crippen LogP contribution in [0.15, 0.2) is 47.6 Å². The number of rotatable bonds is 7. The van der Waals surface area contributed by atoms with E-state index in [9.17, 15) is 8.42 Å². The largest absolute Gasteiger partial charge is 0.318 e. The Kier molecular flexibility index (Phi) is 6.83. The zero-order valence-electron chi connectivity index (χ0n) is 11.7. The van der Waals surface area contributed by atoms with Crippen molar-refractivity contribution in [2.75, 3.05) is 20.1 Å². The van der Waals surface area contributed by atoms with Crippen molar-refractivity contribution < 1.29 is 8.42 Å². The highest BCUT2D eigenvalue weighted by molar-refractivity contribution is 7.89. The fourth-order valence-corrected chi connectivity index (χ4v) is 2.72. The molecule has 0 atom stereocenters. The predicted molar refractivity (Wildman–Crippen MR) is 84.1 cm³/mol. The van der Waals surface area contributed by atoms with E-state index in [2.05, 4.69) is 15.1 Å². The van der Waals surface area contributed by atoms with Crippen LogP contribution in [0.4, 0.5) is 0 Å². The van der Waals surface area contributed by atoms with Crippen LogP contribution >= 0.6 is 12.4 Å². The third-order valence-corrected chi connectivity index (χ3v) is 4.19. The molecule has 8 heteroatoms. The number of sulfonamides is 1. The average molecular weight is 331 g/mol. The smallest absolute Gasteiger partial charge is 0.243 e. The van der Waals surface area contributed by atoms with E-state index >= 15 is 0 Å². The fourth-order valence-electron chi connectivity index (χ4n) is 1.73. The first-order valence-electron chi connectivity index (χ1n) is 6.32. The maximum absolute atomic E-state index is 12.0. The van der Waals surface area contributed by atoms with Gasteiger partial charge in [0.1, 0.15) is 4.90 Å². The lowest BCUT2D eigenvalue weighted by molar-refractivity contribution is 0.579. The highest BCUT2D eigenvalue weighted by atomic mass is 35.5. The quantitative estimate of drug-likeness (QED) is 0.738. The van der Waals surface area contributed by atoms with E-state index in [-0.39, 0.29) is 17.3 Å². The molecule has 2 aromatic rings. The third-order valence-electron chi connectivity index (χ3n) is 2.77. The van der Waals surface area contributed by atoms with E-state index in [0.717, 1.165) is 5.56 Å². The molecule has 116 valence electrons. The summed E-state index contributed by atoms with van der Waals surface area (Å²) in [7, 11) is -1.71. The maximum Gasteiger partial charge on any atom is 0.243 e. The Balaban J connectivity index is 0.00000220. The zero-order valence-corrected chi connectivity index (χ0v) is 13.3. The second-order valence-electron chi connectivity index (χ2n) is 4.36. The lowest BCUT2D eigenvalue weighted by Crippen LogP contribution is -2.30. The van der Waals surface area contributed by atoms with Crippen LogP contribution in [0.25, 0.3) is 0 Å². The second-order valence-corrected chi connectivity index (χ2v) is 6.13. The number of benzene rings is 1. The molecule has 0 aliphatic rings. The zero-order chi connectivity index (χ0) is 14.4. The highest BCUT2D eigenvalue weighted by Crippen LogP contribution is 2.08. The lowest BCUT2D eigenvalue weighted by Gasteiger charge is -2.04. The Morgan fingerprint density at radius 2 is 1.90 bits per heavy atom. The van der Waals surface area contributed by atoms with Gasteiger partial charge in [0.15, 0.2) is 0 Å². The van der Waals surface area contributed by atoms with E-state index in [1.54, 1.807) is 11.7 Å². The average Bonchev–Trinajstić information content (AvgIpc) is 2.89. The van der Waals surface area contributed by atoms with Crippen molar-refractivity contribution in [3.05, 3.63) is 48.3 Å². The number of halogens is 1. The van der Waals surface area contributed by atoms with Gasteiger partial charge in [-0.15, -0.1) is 12.4 Å². The molecule has 0 saturated carbocycles. The van der Waals surface area contributed by atoms with Crippen LogP contribution in [0, 0.1) is 0 Å². The summed E-state index contributed by atoms with van der Waals surface area (Å²) < 4.78 is 28.1. The summed E-state index contributed by atoms with van der Waals surface area (Å²) in [6.07, 6.45) is 2.90. The molecule has 21 heavy (non-hydrogen) atoms. The Bertz CT molecular complexity index is 643. The van der Waals surface area contributed by atoms with Crippen molar-refractivity contribution in [1.82, 2.24) is 19.8 Å². The van der Waals surface area contributed by atoms with Gasteiger partial charge < -0.3 is 5.32 Å². The minimum absolute atomic E-state index is 0. The molecule has 0 bridgehead atoms. The summed E-state index contributed by atoms with van der Waals surface area (Å²) in [6.45, 7) is 1.48. The molecule has 1 heterocycles. The molecule has 0 aliphatic heterocycles. The van der Waals surface area contributed by atoms with Gasteiger partial charge in [0, 0.05) is 19.3 Å². The summed E-state index contributed by atoms with van der Waals surface area (Å²) in [4.78, 5) is 0.185. The number of hydrogen-bond donors (Lipinski definition) is 2. The summed E-state index contributed by atoms with van der Waals surface area (Å²) in [5.74, 6) is 0. The van der Waals surface area contributed by atoms with Gasteiger partial charge in [-0.3, -0.25) is 4.68 Å². The SMILES string of the molecule is CNCCNS(=O)(=O)c1cnn(Cc2ccccc2)c1.Cl. The van der Waals surface area contributed by atoms with E-state index in [1.165, 1.54) is 12.4 Å². The number of nitrogens with zero attached hydrogens (tertiary/aromatic N) is 2. The second kappa shape index (κ2) is 8.14. The number of likely N-dealkylation sites (N-methyl/N-ethyl adjacent to an activating group) is 1. The van der Waals surface area contributed by atoms with Crippen LogP contribution in [-0.4, -0.2) is 38.3 Å². The molecule has 2 N–H and O–H groups in total. The lowest BCUT2D eigenvalue weighted by atomic mass is 10.2. The molecule has 0 unspecified atom stereocenters. The summed E-state index contributed by atoms with van der Waals surface area (Å²) >= 11 is 0. The molecule has 0 saturated heterocycles. The molecule has 1 aromatic heterocycles. The molecule has 0 spiro atoms. The first-order chi connectivity index (χ1) is 9.62. The third kappa shape index (κ3) is 5.13. The molecular weight excluding hydrogens is 312 g/mol. The molecule has 1 aromatic carbocycles. The molecule has 6 nitrogen and oxygen atoms in total. The summed E-state index contributed by atoms with van der Waals surface area (Å²) in [6, 6.07) is 9.77. The number of aromatic nitrogens is 2. The van der Waals surface area contributed by atoms with Crippen LogP contribution in [0.5, 0.6) is 0 Å². The van der Waals surface area contributed by atoms with Crippen molar-refractivity contribution in [1.29, 1.82) is 0 Å². The Morgan fingerprint density at radius 1 is 1.19 bits per heavy atom. The van der Waals surface area contributed by atoms with Crippen molar-refractivity contribution in [3.63, 3.8) is 0 Å². The molecule has 0 aliphatic carbocycles. The van der Waals surface area contributed by atoms with Crippen LogP contribution in [0.3, 0.4) is 0 Å². The van der Waals surface area contributed by atoms with Crippen molar-refractivity contribution in [2.24, 2.45) is 0 Å². The van der Waals surface area contributed by atoms with Gasteiger partial charge in [0.25, 0.3) is 0 Å². The Labute approximate surface area is 131 Å². The van der Waals surface area contributed by atoms with Gasteiger partial charge in [-0.1, -0.05) is 30.3 Å². The number of hydrogen-bond acceptors (Lipinski definition) is 4. The van der Waals surface area contributed by atoms with E-state index in [0.29, 0.717) is 19.6 Å². The molecule has 2 rings (SSSR count). The van der Waals surface area contributed by atoms with Gasteiger partial charge in [-0.2, -0.15) is 5.10 Å². The first-order valence-corrected chi connectivity index (χ1v) is 7.81. The van der Waals surface area contributed by atoms with Crippen molar-refractivity contribution in [2.45, 2.75) is 11.4 Å². The molecule has 0 amide bonds. The van der Waals surface area contributed by atoms with Crippen molar-refractivity contribution in [3.8, 4) is 0 Å². The Morgan fingerprint density at radius 3 is 2.57 bits per heavy atom. The van der Waals surface area contributed by atoms with E-state index < -0.39 is 10.0 Å². The maximum atomic E-state index is 12.0. The molecule has 0 radical (unpaired) electrons. The van der Waals surface area contributed by atoms with Crippen LogP contribution in [0.2, 0.25) is 0 Å². The van der Waals surface area contributed by atoms with E-state index in [4.69, 9.17) is 0 Å². The minimum atomic E-state index is -3.48. The standard InChI is InChI=1S/C13H18N4O2S.ClH/c1-14-7-8-16-20(18,19)13-9-15-17(11-13)10-12-5-3-2-4-6-12;/h2-6,9,11,14,16H,7-8,10H2,1H3;1H. The van der Waals surface area contributed by atoms with Crippen LogP contribution in [0.1, 0.15) is 5.56 Å². The fraction of sp³-hybridized carbons (Fsp3) is 0.308. The van der Waals surface area contributed by atoms with Gasteiger partial charge in [0.05, 0.1) is 12.7 Å². The summed E-state index contributed by atoms with van der Waals surface area (Å²) in [5, 5.41) is 6.97. The minimum Gasteiger partial charge on any atom is -0.318 e.